The van der Waals surface area contributed by atoms with Crippen molar-refractivity contribution >= 4 is 5.78 Å². The van der Waals surface area contributed by atoms with Crippen molar-refractivity contribution in [3.63, 3.8) is 0 Å². The van der Waals surface area contributed by atoms with Crippen LogP contribution in [0.1, 0.15) is 227 Å². The maximum absolute atomic E-state index is 11.7. The van der Waals surface area contributed by atoms with Crippen LogP contribution in [-0.2, 0) is 10.8 Å². The van der Waals surface area contributed by atoms with Crippen molar-refractivity contribution in [2.24, 2.45) is 41.4 Å². The lowest BCUT2D eigenvalue weighted by Crippen LogP contribution is -2.30. The van der Waals surface area contributed by atoms with Crippen molar-refractivity contribution in [2.45, 2.75) is 217 Å². The lowest BCUT2D eigenvalue weighted by atomic mass is 9.71. The third-order valence-electron chi connectivity index (χ3n) is 12.7. The van der Waals surface area contributed by atoms with Crippen molar-refractivity contribution in [1.29, 1.82) is 0 Å². The monoisotopic (exact) mass is 667 g/mol. The van der Waals surface area contributed by atoms with E-state index in [9.17, 15) is 4.79 Å². The molecule has 48 heavy (non-hydrogen) atoms. The van der Waals surface area contributed by atoms with Gasteiger partial charge in [-0.05, 0) is 88.9 Å². The Kier molecular flexibility index (Phi) is 20.5. The Morgan fingerprint density at radius 3 is 1.15 bits per heavy atom. The maximum Gasteiger partial charge on any atom is 0.160 e. The fraction of sp³-hybridized carbons (Fsp3) is 0.851. The first-order valence-corrected chi connectivity index (χ1v) is 21.0. The second-order valence-corrected chi connectivity index (χ2v) is 19.2. The van der Waals surface area contributed by atoms with Crippen LogP contribution < -0.4 is 0 Å². The number of benzene rings is 1. The summed E-state index contributed by atoms with van der Waals surface area (Å²) in [4.78, 5) is 11.7. The van der Waals surface area contributed by atoms with E-state index in [1.54, 1.807) is 6.92 Å². The lowest BCUT2D eigenvalue weighted by molar-refractivity contribution is 0.101. The van der Waals surface area contributed by atoms with Crippen LogP contribution in [-0.4, -0.2) is 5.78 Å². The number of hydrogen-bond donors (Lipinski definition) is 0. The molecule has 0 bridgehead atoms. The molecule has 0 saturated heterocycles. The molecule has 0 aromatic heterocycles. The van der Waals surface area contributed by atoms with E-state index in [0.717, 1.165) is 46.6 Å². The van der Waals surface area contributed by atoms with E-state index < -0.39 is 0 Å². The number of aryl methyl sites for hydroxylation is 1. The molecule has 1 heteroatoms. The van der Waals surface area contributed by atoms with Crippen LogP contribution in [0, 0.1) is 48.3 Å². The molecule has 0 amide bonds. The van der Waals surface area contributed by atoms with Gasteiger partial charge in [0.1, 0.15) is 0 Å². The molecule has 0 heterocycles. The Hall–Kier alpha value is -1.11. The van der Waals surface area contributed by atoms with Crippen LogP contribution in [0.5, 0.6) is 0 Å². The Morgan fingerprint density at radius 1 is 0.542 bits per heavy atom. The zero-order valence-electron chi connectivity index (χ0n) is 35.4. The molecule has 280 valence electrons. The zero-order valence-corrected chi connectivity index (χ0v) is 35.4. The number of carbonyl (C=O) groups is 1. The normalized spacial score (nSPS) is 19.1. The summed E-state index contributed by atoms with van der Waals surface area (Å²) in [6.07, 6.45) is 23.2. The molecule has 1 aromatic carbocycles. The van der Waals surface area contributed by atoms with Gasteiger partial charge in [-0.1, -0.05) is 199 Å². The largest absolute Gasteiger partial charge is 0.295 e. The molecular weight excluding hydrogens is 581 g/mol. The number of fused-ring (bicyclic) bond motifs is 1. The van der Waals surface area contributed by atoms with Crippen LogP contribution in [0.25, 0.3) is 0 Å². The first kappa shape index (κ1) is 44.9. The zero-order chi connectivity index (χ0) is 36.7. The van der Waals surface area contributed by atoms with E-state index in [0.29, 0.717) is 5.92 Å². The Bertz CT molecular complexity index is 992. The molecule has 1 aliphatic rings. The summed E-state index contributed by atoms with van der Waals surface area (Å²) in [6.45, 7) is 34.6. The second kappa shape index (κ2) is 22.0. The highest BCUT2D eigenvalue weighted by molar-refractivity contribution is 5.96. The minimum absolute atomic E-state index is 0.136. The number of hydrogen-bond acceptors (Lipinski definition) is 1. The van der Waals surface area contributed by atoms with Crippen LogP contribution in [0.2, 0.25) is 0 Å². The SMILES string of the molecule is CC(=O)c1cc2c(cc1C)C(C)(C)C(C)C2(C)C.CC(C)CCCC(C)CCCC(C)CCCCC(C)CCCC(C)CCCC(C)C. The molecule has 5 atom stereocenters. The summed E-state index contributed by atoms with van der Waals surface area (Å²) in [5.41, 5.74) is 5.08. The highest BCUT2D eigenvalue weighted by Gasteiger charge is 2.48. The highest BCUT2D eigenvalue weighted by Crippen LogP contribution is 2.54. The van der Waals surface area contributed by atoms with Crippen molar-refractivity contribution in [2.75, 3.05) is 0 Å². The molecule has 1 aliphatic carbocycles. The highest BCUT2D eigenvalue weighted by atomic mass is 16.1. The lowest BCUT2D eigenvalue weighted by Gasteiger charge is -2.32. The van der Waals surface area contributed by atoms with Gasteiger partial charge in [0.2, 0.25) is 0 Å². The number of Topliss-reactive ketones (excluding diaryl/α,β-unsaturated/α-hetero) is 1. The molecule has 0 radical (unpaired) electrons. The summed E-state index contributed by atoms with van der Waals surface area (Å²) in [6, 6.07) is 4.37. The van der Waals surface area contributed by atoms with Gasteiger partial charge in [0.25, 0.3) is 0 Å². The van der Waals surface area contributed by atoms with E-state index in [-0.39, 0.29) is 16.6 Å². The van der Waals surface area contributed by atoms with Gasteiger partial charge in [-0.25, -0.2) is 0 Å². The Labute approximate surface area is 303 Å². The fourth-order valence-corrected chi connectivity index (χ4v) is 8.46. The van der Waals surface area contributed by atoms with Gasteiger partial charge < -0.3 is 0 Å². The summed E-state index contributed by atoms with van der Waals surface area (Å²) in [5.74, 6) is 6.25. The minimum Gasteiger partial charge on any atom is -0.295 e. The van der Waals surface area contributed by atoms with Gasteiger partial charge in [-0.3, -0.25) is 4.79 Å². The second-order valence-electron chi connectivity index (χ2n) is 19.2. The van der Waals surface area contributed by atoms with Gasteiger partial charge in [-0.2, -0.15) is 0 Å². The first-order valence-electron chi connectivity index (χ1n) is 21.0. The summed E-state index contributed by atoms with van der Waals surface area (Å²) >= 11 is 0. The van der Waals surface area contributed by atoms with Crippen LogP contribution in [0.4, 0.5) is 0 Å². The molecule has 1 aromatic rings. The number of carbonyl (C=O) groups excluding carboxylic acids is 1. The fourth-order valence-electron chi connectivity index (χ4n) is 8.46. The average Bonchev–Trinajstić information content (AvgIpc) is 3.10. The summed E-state index contributed by atoms with van der Waals surface area (Å²) in [5, 5.41) is 0. The Morgan fingerprint density at radius 2 is 0.833 bits per heavy atom. The molecule has 0 N–H and O–H groups in total. The molecular formula is C47H86O. The third kappa shape index (κ3) is 15.8. The van der Waals surface area contributed by atoms with Gasteiger partial charge >= 0.3 is 0 Å². The topological polar surface area (TPSA) is 17.1 Å². The smallest absolute Gasteiger partial charge is 0.160 e. The summed E-state index contributed by atoms with van der Waals surface area (Å²) in [7, 11) is 0. The van der Waals surface area contributed by atoms with E-state index >= 15 is 0 Å². The predicted octanol–water partition coefficient (Wildman–Crippen LogP) is 15.5. The van der Waals surface area contributed by atoms with Gasteiger partial charge in [0, 0.05) is 5.56 Å². The molecule has 0 fully saturated rings. The molecule has 0 aliphatic heterocycles. The van der Waals surface area contributed by atoms with Gasteiger partial charge in [-0.15, -0.1) is 0 Å². The number of rotatable bonds is 22. The van der Waals surface area contributed by atoms with Crippen molar-refractivity contribution in [3.05, 3.63) is 34.4 Å². The maximum atomic E-state index is 11.7. The predicted molar refractivity (Wildman–Crippen MR) is 217 cm³/mol. The van der Waals surface area contributed by atoms with E-state index in [1.165, 1.54) is 114 Å². The molecule has 2 rings (SSSR count). The molecule has 1 nitrogen and oxygen atoms in total. The Balaban J connectivity index is 0.000000539. The number of unbranched alkanes of at least 4 members (excludes halogenated alkanes) is 1. The van der Waals surface area contributed by atoms with Crippen molar-refractivity contribution in [3.8, 4) is 0 Å². The minimum atomic E-state index is 0.136. The van der Waals surface area contributed by atoms with Crippen LogP contribution in [0.15, 0.2) is 12.1 Å². The van der Waals surface area contributed by atoms with E-state index in [4.69, 9.17) is 0 Å². The van der Waals surface area contributed by atoms with Gasteiger partial charge in [0.15, 0.2) is 5.78 Å². The van der Waals surface area contributed by atoms with Crippen LogP contribution >= 0.6 is 0 Å². The third-order valence-corrected chi connectivity index (χ3v) is 12.7. The number of ketones is 1. The van der Waals surface area contributed by atoms with Crippen molar-refractivity contribution in [1.82, 2.24) is 0 Å². The van der Waals surface area contributed by atoms with Crippen LogP contribution in [0.3, 0.4) is 0 Å². The molecule has 5 unspecified atom stereocenters. The first-order chi connectivity index (χ1) is 22.3. The van der Waals surface area contributed by atoms with E-state index in [1.807, 2.05) is 6.92 Å². The quantitative estimate of drug-likeness (QED) is 0.0889. The standard InChI is InChI=1S/C30H62.C17H24O/c1-25(2)15-11-19-29(7)23-13-21-27(5)17-9-10-18-28(6)22-14-24-30(8)20-12-16-26(3)4;1-10-8-14-15(9-13(10)11(2)18)17(6,7)12(3)16(14,4)5/h25-30H,9-24H2,1-8H3;8-9,12H,1-7H3. The average molecular weight is 667 g/mol. The molecule has 0 spiro atoms. The van der Waals surface area contributed by atoms with Gasteiger partial charge in [0.05, 0.1) is 0 Å². The van der Waals surface area contributed by atoms with Crippen molar-refractivity contribution < 1.29 is 4.79 Å². The molecule has 0 saturated carbocycles. The van der Waals surface area contributed by atoms with E-state index in [2.05, 4.69) is 102 Å². The summed E-state index contributed by atoms with van der Waals surface area (Å²) < 4.78 is 0.